The molecular formula is C15H20N2O3S. The summed E-state index contributed by atoms with van der Waals surface area (Å²) in [5.74, 6) is -0.796. The van der Waals surface area contributed by atoms with Gasteiger partial charge in [0.15, 0.2) is 5.16 Å². The highest BCUT2D eigenvalue weighted by atomic mass is 32.2. The number of nitrogens with zero attached hydrogens (tertiary/aromatic N) is 2. The molecule has 0 radical (unpaired) electrons. The Morgan fingerprint density at radius 2 is 2.24 bits per heavy atom. The normalized spacial score (nSPS) is 11.1. The lowest BCUT2D eigenvalue weighted by Crippen LogP contribution is -2.04. The van der Waals surface area contributed by atoms with Crippen molar-refractivity contribution in [2.45, 2.75) is 31.5 Å². The maximum Gasteiger partial charge on any atom is 0.313 e. The monoisotopic (exact) mass is 308 g/mol. The third-order valence-electron chi connectivity index (χ3n) is 3.25. The molecule has 2 aromatic rings. The van der Waals surface area contributed by atoms with Gasteiger partial charge in [0.1, 0.15) is 0 Å². The van der Waals surface area contributed by atoms with E-state index in [9.17, 15) is 4.79 Å². The number of aryl methyl sites for hydroxylation is 2. The number of methoxy groups -OCH3 is 1. The molecule has 0 fully saturated rings. The highest BCUT2D eigenvalue weighted by Gasteiger charge is 2.13. The molecular weight excluding hydrogens is 288 g/mol. The first-order valence-electron chi connectivity index (χ1n) is 6.93. The summed E-state index contributed by atoms with van der Waals surface area (Å²) in [7, 11) is 1.70. The summed E-state index contributed by atoms with van der Waals surface area (Å²) in [6.07, 6.45) is 1.96. The van der Waals surface area contributed by atoms with Crippen LogP contribution in [0.5, 0.6) is 0 Å². The van der Waals surface area contributed by atoms with Gasteiger partial charge in [-0.15, -0.1) is 0 Å². The minimum Gasteiger partial charge on any atom is -0.481 e. The number of carboxylic acid groups (broad SMARTS) is 1. The first-order valence-corrected chi connectivity index (χ1v) is 7.91. The predicted molar refractivity (Wildman–Crippen MR) is 83.9 cm³/mol. The van der Waals surface area contributed by atoms with Crippen molar-refractivity contribution in [1.29, 1.82) is 0 Å². The third kappa shape index (κ3) is 3.98. The number of unbranched alkanes of at least 4 members (excludes halogenated alkanes) is 1. The molecule has 6 heteroatoms. The van der Waals surface area contributed by atoms with E-state index >= 15 is 0 Å². The first kappa shape index (κ1) is 15.9. The summed E-state index contributed by atoms with van der Waals surface area (Å²) in [5, 5.41) is 9.64. The molecule has 21 heavy (non-hydrogen) atoms. The molecule has 0 atom stereocenters. The summed E-state index contributed by atoms with van der Waals surface area (Å²) < 4.78 is 7.19. The van der Waals surface area contributed by atoms with Crippen LogP contribution in [0.1, 0.15) is 18.4 Å². The van der Waals surface area contributed by atoms with Crippen molar-refractivity contribution in [3.05, 3.63) is 23.8 Å². The number of hydrogen-bond donors (Lipinski definition) is 1. The second-order valence-electron chi connectivity index (χ2n) is 4.87. The lowest BCUT2D eigenvalue weighted by atomic mass is 10.2. The summed E-state index contributed by atoms with van der Waals surface area (Å²) in [4.78, 5) is 15.4. The Bertz CT molecular complexity index is 625. The van der Waals surface area contributed by atoms with Crippen molar-refractivity contribution in [2.75, 3.05) is 19.5 Å². The molecule has 0 aliphatic carbocycles. The summed E-state index contributed by atoms with van der Waals surface area (Å²) in [5.41, 5.74) is 3.14. The fraction of sp³-hybridized carbons (Fsp3) is 0.467. The minimum absolute atomic E-state index is 0.0282. The standard InChI is InChI=1S/C15H20N2O3S/c1-11-6-5-7-12-14(11)16-15(21-10-13(18)19)17(12)8-3-4-9-20-2/h5-7H,3-4,8-10H2,1-2H3,(H,18,19). The smallest absolute Gasteiger partial charge is 0.313 e. The van der Waals surface area contributed by atoms with E-state index in [-0.39, 0.29) is 5.75 Å². The second-order valence-corrected chi connectivity index (χ2v) is 5.81. The van der Waals surface area contributed by atoms with Gasteiger partial charge in [-0.25, -0.2) is 4.98 Å². The quantitative estimate of drug-likeness (QED) is 0.600. The number of thioether (sulfide) groups is 1. The van der Waals surface area contributed by atoms with Crippen LogP contribution in [0.3, 0.4) is 0 Å². The average Bonchev–Trinajstić information content (AvgIpc) is 2.81. The number of aromatic nitrogens is 2. The van der Waals surface area contributed by atoms with Gasteiger partial charge in [0, 0.05) is 20.3 Å². The largest absolute Gasteiger partial charge is 0.481 e. The maximum absolute atomic E-state index is 10.8. The number of hydrogen-bond acceptors (Lipinski definition) is 4. The van der Waals surface area contributed by atoms with Gasteiger partial charge < -0.3 is 14.4 Å². The molecule has 0 aliphatic heterocycles. The van der Waals surface area contributed by atoms with Crippen LogP contribution < -0.4 is 0 Å². The molecule has 2 rings (SSSR count). The maximum atomic E-state index is 10.8. The summed E-state index contributed by atoms with van der Waals surface area (Å²) in [6.45, 7) is 3.59. The number of imidazole rings is 1. The number of ether oxygens (including phenoxy) is 1. The van der Waals surface area contributed by atoms with Gasteiger partial charge >= 0.3 is 5.97 Å². The van der Waals surface area contributed by atoms with E-state index in [2.05, 4.69) is 9.55 Å². The molecule has 0 spiro atoms. The zero-order chi connectivity index (χ0) is 15.2. The Labute approximate surface area is 128 Å². The molecule has 0 amide bonds. The van der Waals surface area contributed by atoms with Gasteiger partial charge in [0.25, 0.3) is 0 Å². The number of rotatable bonds is 8. The van der Waals surface area contributed by atoms with Crippen molar-refractivity contribution in [2.24, 2.45) is 0 Å². The molecule has 1 heterocycles. The van der Waals surface area contributed by atoms with E-state index < -0.39 is 5.97 Å². The van der Waals surface area contributed by atoms with E-state index in [4.69, 9.17) is 9.84 Å². The number of fused-ring (bicyclic) bond motifs is 1. The van der Waals surface area contributed by atoms with Gasteiger partial charge in [0.2, 0.25) is 0 Å². The van der Waals surface area contributed by atoms with Gasteiger partial charge in [0.05, 0.1) is 16.8 Å². The van der Waals surface area contributed by atoms with Crippen LogP contribution in [-0.4, -0.2) is 40.1 Å². The van der Waals surface area contributed by atoms with Gasteiger partial charge in [-0.05, 0) is 31.4 Å². The topological polar surface area (TPSA) is 64.3 Å². The summed E-state index contributed by atoms with van der Waals surface area (Å²) in [6, 6.07) is 6.07. The number of aliphatic carboxylic acids is 1. The highest BCUT2D eigenvalue weighted by molar-refractivity contribution is 7.99. The fourth-order valence-corrected chi connectivity index (χ4v) is 2.99. The molecule has 1 N–H and O–H groups in total. The van der Waals surface area contributed by atoms with E-state index in [1.165, 1.54) is 11.8 Å². The summed E-state index contributed by atoms with van der Waals surface area (Å²) >= 11 is 1.27. The van der Waals surface area contributed by atoms with Crippen molar-refractivity contribution < 1.29 is 14.6 Å². The van der Waals surface area contributed by atoms with Crippen LogP contribution in [-0.2, 0) is 16.1 Å². The van der Waals surface area contributed by atoms with Crippen LogP contribution in [0, 0.1) is 6.92 Å². The van der Waals surface area contributed by atoms with Crippen LogP contribution in [0.2, 0.25) is 0 Å². The number of benzene rings is 1. The Kier molecular flexibility index (Phi) is 5.64. The lowest BCUT2D eigenvalue weighted by Gasteiger charge is -2.08. The predicted octanol–water partition coefficient (Wildman–Crippen LogP) is 2.95. The number of carbonyl (C=O) groups is 1. The molecule has 0 saturated carbocycles. The Hall–Kier alpha value is -1.53. The minimum atomic E-state index is -0.824. The van der Waals surface area contributed by atoms with Crippen molar-refractivity contribution in [3.8, 4) is 0 Å². The second kappa shape index (κ2) is 7.47. The fourth-order valence-electron chi connectivity index (χ4n) is 2.23. The van der Waals surface area contributed by atoms with E-state index in [1.54, 1.807) is 7.11 Å². The van der Waals surface area contributed by atoms with Gasteiger partial charge in [-0.2, -0.15) is 0 Å². The number of carboxylic acids is 1. The molecule has 5 nitrogen and oxygen atoms in total. The highest BCUT2D eigenvalue weighted by Crippen LogP contribution is 2.26. The zero-order valence-corrected chi connectivity index (χ0v) is 13.2. The molecule has 114 valence electrons. The zero-order valence-electron chi connectivity index (χ0n) is 12.3. The van der Waals surface area contributed by atoms with Crippen molar-refractivity contribution in [1.82, 2.24) is 9.55 Å². The van der Waals surface area contributed by atoms with E-state index in [1.807, 2.05) is 25.1 Å². The SMILES string of the molecule is COCCCCn1c(SCC(=O)O)nc2c(C)cccc21. The van der Waals surface area contributed by atoms with Crippen LogP contribution >= 0.6 is 11.8 Å². The van der Waals surface area contributed by atoms with Crippen molar-refractivity contribution >= 4 is 28.8 Å². The third-order valence-corrected chi connectivity index (χ3v) is 4.21. The average molecular weight is 308 g/mol. The lowest BCUT2D eigenvalue weighted by molar-refractivity contribution is -0.133. The Morgan fingerprint density at radius 3 is 2.95 bits per heavy atom. The molecule has 0 aliphatic rings. The molecule has 0 bridgehead atoms. The Balaban J connectivity index is 2.26. The van der Waals surface area contributed by atoms with Crippen LogP contribution in [0.4, 0.5) is 0 Å². The van der Waals surface area contributed by atoms with Crippen LogP contribution in [0.15, 0.2) is 23.4 Å². The Morgan fingerprint density at radius 1 is 1.43 bits per heavy atom. The van der Waals surface area contributed by atoms with E-state index in [0.717, 1.165) is 47.7 Å². The van der Waals surface area contributed by atoms with Gasteiger partial charge in [-0.1, -0.05) is 23.9 Å². The molecule has 1 aromatic heterocycles. The van der Waals surface area contributed by atoms with Crippen molar-refractivity contribution in [3.63, 3.8) is 0 Å². The molecule has 0 saturated heterocycles. The molecule has 0 unspecified atom stereocenters. The van der Waals surface area contributed by atoms with Gasteiger partial charge in [-0.3, -0.25) is 4.79 Å². The van der Waals surface area contributed by atoms with Crippen LogP contribution in [0.25, 0.3) is 11.0 Å². The number of para-hydroxylation sites is 1. The van der Waals surface area contributed by atoms with E-state index in [0.29, 0.717) is 0 Å². The first-order chi connectivity index (χ1) is 10.1. The molecule has 1 aromatic carbocycles.